The average molecular weight is 984 g/mol. The SMILES string of the molecule is CCc1nc(C)sc1C(=O)Nc1nc2cc(C(=O)O)cc(OCCCN3CCN(C(=O)OC(C)(C)C)CC3)c2n1C/C=C/Cn1c(NC(=O)c2cc(C)nn2CC)nc2cc(C(=O)O)cc(SC)c21. The van der Waals surface area contributed by atoms with Gasteiger partial charge in [-0.3, -0.25) is 29.8 Å². The van der Waals surface area contributed by atoms with Crippen LogP contribution in [0.1, 0.15) is 98.3 Å². The minimum atomic E-state index is -1.18. The minimum Gasteiger partial charge on any atom is -0.491 e. The van der Waals surface area contributed by atoms with Gasteiger partial charge in [0.05, 0.1) is 50.7 Å². The fourth-order valence-corrected chi connectivity index (χ4v) is 9.57. The van der Waals surface area contributed by atoms with Crippen LogP contribution >= 0.6 is 23.1 Å². The number of aryl methyl sites for hydroxylation is 4. The van der Waals surface area contributed by atoms with Crippen LogP contribution in [-0.4, -0.2) is 135 Å². The molecule has 1 aliphatic heterocycles. The molecule has 69 heavy (non-hydrogen) atoms. The lowest BCUT2D eigenvalue weighted by Gasteiger charge is -2.35. The molecule has 0 radical (unpaired) electrons. The number of aromatic carboxylic acids is 2. The van der Waals surface area contributed by atoms with E-state index >= 15 is 0 Å². The van der Waals surface area contributed by atoms with Gasteiger partial charge in [0.2, 0.25) is 11.9 Å². The number of carbonyl (C=O) groups excluding carboxylic acids is 3. The molecule has 20 nitrogen and oxygen atoms in total. The normalized spacial score (nSPS) is 13.4. The number of hydrogen-bond donors (Lipinski definition) is 4. The van der Waals surface area contributed by atoms with Crippen LogP contribution in [0.3, 0.4) is 0 Å². The molecule has 3 amide bonds. The maximum absolute atomic E-state index is 13.9. The van der Waals surface area contributed by atoms with Crippen molar-refractivity contribution < 1.29 is 43.7 Å². The van der Waals surface area contributed by atoms with Crippen LogP contribution in [0.4, 0.5) is 16.7 Å². The molecule has 0 unspecified atom stereocenters. The van der Waals surface area contributed by atoms with E-state index in [9.17, 15) is 34.2 Å². The zero-order valence-corrected chi connectivity index (χ0v) is 41.5. The average Bonchev–Trinajstić information content (AvgIpc) is 4.07. The van der Waals surface area contributed by atoms with Crippen LogP contribution < -0.4 is 15.4 Å². The molecule has 6 aromatic rings. The Kier molecular flexibility index (Phi) is 15.4. The van der Waals surface area contributed by atoms with Crippen molar-refractivity contribution in [2.24, 2.45) is 0 Å². The van der Waals surface area contributed by atoms with E-state index in [1.165, 1.54) is 41.3 Å². The number of carboxylic acid groups (broad SMARTS) is 2. The van der Waals surface area contributed by atoms with Crippen LogP contribution in [0, 0.1) is 13.8 Å². The van der Waals surface area contributed by atoms with E-state index in [1.54, 1.807) is 37.8 Å². The number of nitrogens with zero attached hydrogens (tertiary/aromatic N) is 9. The fraction of sp³-hybridized carbons (Fsp3) is 0.426. The summed E-state index contributed by atoms with van der Waals surface area (Å²) in [6.07, 6.45) is 6.32. The Hall–Kier alpha value is -6.78. The molecule has 1 aliphatic rings. The number of nitrogens with one attached hydrogen (secondary N) is 2. The topological polar surface area (TPSA) is 241 Å². The number of thiazole rings is 1. The van der Waals surface area contributed by atoms with Crippen LogP contribution in [0.5, 0.6) is 5.75 Å². The van der Waals surface area contributed by atoms with Gasteiger partial charge in [0, 0.05) is 57.3 Å². The predicted octanol–water partition coefficient (Wildman–Crippen LogP) is 7.44. The minimum absolute atomic E-state index is 0.0467. The number of thioether (sulfide) groups is 1. The Labute approximate surface area is 406 Å². The summed E-state index contributed by atoms with van der Waals surface area (Å²) < 4.78 is 17.1. The van der Waals surface area contributed by atoms with Gasteiger partial charge >= 0.3 is 18.0 Å². The zero-order valence-electron chi connectivity index (χ0n) is 39.9. The van der Waals surface area contributed by atoms with Gasteiger partial charge in [0.15, 0.2) is 0 Å². The molecule has 4 N–H and O–H groups in total. The predicted molar refractivity (Wildman–Crippen MR) is 263 cm³/mol. The molecular formula is C47H57N11O9S2. The molecule has 1 saturated heterocycles. The molecule has 7 rings (SSSR count). The highest BCUT2D eigenvalue weighted by Crippen LogP contribution is 2.34. The van der Waals surface area contributed by atoms with Crippen molar-refractivity contribution in [3.05, 3.63) is 80.6 Å². The number of aromatic nitrogens is 7. The summed E-state index contributed by atoms with van der Waals surface area (Å²) in [6.45, 7) is 17.0. The van der Waals surface area contributed by atoms with Gasteiger partial charge in [-0.15, -0.1) is 23.1 Å². The molecule has 4 aromatic heterocycles. The second-order valence-electron chi connectivity index (χ2n) is 17.3. The van der Waals surface area contributed by atoms with Crippen LogP contribution in [0.15, 0.2) is 47.4 Å². The van der Waals surface area contributed by atoms with E-state index in [1.807, 2.05) is 60.0 Å². The number of piperazine rings is 1. The third-order valence-electron chi connectivity index (χ3n) is 11.2. The smallest absolute Gasteiger partial charge is 0.410 e. The Morgan fingerprint density at radius 1 is 0.826 bits per heavy atom. The van der Waals surface area contributed by atoms with Crippen LogP contribution in [0.25, 0.3) is 22.1 Å². The van der Waals surface area contributed by atoms with Crippen molar-refractivity contribution in [3.63, 3.8) is 0 Å². The van der Waals surface area contributed by atoms with Gasteiger partial charge in [-0.1, -0.05) is 19.1 Å². The zero-order chi connectivity index (χ0) is 49.7. The second kappa shape index (κ2) is 21.2. The lowest BCUT2D eigenvalue weighted by atomic mass is 10.2. The Bertz CT molecular complexity index is 2950. The number of allylic oxidation sites excluding steroid dienone is 2. The third-order valence-corrected chi connectivity index (χ3v) is 13.0. The second-order valence-corrected chi connectivity index (χ2v) is 19.4. The first-order valence-electron chi connectivity index (χ1n) is 22.6. The number of hydrogen-bond acceptors (Lipinski definition) is 14. The highest BCUT2D eigenvalue weighted by atomic mass is 32.2. The number of ether oxygens (including phenoxy) is 2. The summed E-state index contributed by atoms with van der Waals surface area (Å²) in [6, 6.07) is 7.61. The number of imidazole rings is 2. The highest BCUT2D eigenvalue weighted by molar-refractivity contribution is 7.98. The fourth-order valence-electron chi connectivity index (χ4n) is 8.01. The Morgan fingerprint density at radius 2 is 1.43 bits per heavy atom. The highest BCUT2D eigenvalue weighted by Gasteiger charge is 2.27. The summed E-state index contributed by atoms with van der Waals surface area (Å²) in [7, 11) is 0. The van der Waals surface area contributed by atoms with Crippen LogP contribution in [0.2, 0.25) is 0 Å². The maximum atomic E-state index is 13.9. The van der Waals surface area contributed by atoms with Gasteiger partial charge in [-0.05, 0) is 91.0 Å². The van der Waals surface area contributed by atoms with Gasteiger partial charge in [0.1, 0.15) is 27.4 Å². The quantitative estimate of drug-likeness (QED) is 0.0372. The molecule has 0 aliphatic carbocycles. The van der Waals surface area contributed by atoms with E-state index in [2.05, 4.69) is 25.6 Å². The first-order chi connectivity index (χ1) is 32.9. The first kappa shape index (κ1) is 50.1. The summed E-state index contributed by atoms with van der Waals surface area (Å²) in [5.41, 5.74) is 2.80. The van der Waals surface area contributed by atoms with E-state index in [0.29, 0.717) is 95.5 Å². The summed E-state index contributed by atoms with van der Waals surface area (Å²) >= 11 is 2.61. The Balaban J connectivity index is 1.19. The number of fused-ring (bicyclic) bond motifs is 2. The summed E-state index contributed by atoms with van der Waals surface area (Å²) in [4.78, 5) is 83.8. The van der Waals surface area contributed by atoms with E-state index in [-0.39, 0.29) is 60.1 Å². The number of rotatable bonds is 18. The van der Waals surface area contributed by atoms with Gasteiger partial charge < -0.3 is 33.7 Å². The maximum Gasteiger partial charge on any atom is 0.410 e. The van der Waals surface area contributed by atoms with Gasteiger partial charge in [-0.2, -0.15) is 5.10 Å². The number of carboxylic acids is 2. The van der Waals surface area contributed by atoms with E-state index in [4.69, 9.17) is 19.4 Å². The van der Waals surface area contributed by atoms with E-state index in [0.717, 1.165) is 5.01 Å². The number of benzene rings is 2. The standard InChI is InChI=1S/C47H57N11O9S2/c1-9-31-39(69-28(4)48-31)41(60)52-45-49-32-23-29(42(61)62)25-35(66-21-13-14-54-17-19-55(20-18-54)46(65)67-47(5,6)7)37(32)56(45)15-11-12-16-57-38-33(24-30(43(63)64)26-36(38)68-8)50-44(57)51-40(59)34-22-27(3)53-58(34)10-2/h11-12,22-26H,9-10,13-21H2,1-8H3,(H,61,62)(H,63,64)(H,49,52,60)(H,50,51,59)/b12-11+. The molecule has 1 fully saturated rings. The van der Waals surface area contributed by atoms with Crippen molar-refractivity contribution in [2.45, 2.75) is 91.4 Å². The number of anilines is 2. The summed E-state index contributed by atoms with van der Waals surface area (Å²) in [5, 5.41) is 31.1. The molecule has 0 atom stereocenters. The molecule has 5 heterocycles. The molecule has 0 bridgehead atoms. The molecule has 0 spiro atoms. The van der Waals surface area contributed by atoms with Crippen molar-refractivity contribution in [1.29, 1.82) is 0 Å². The first-order valence-corrected chi connectivity index (χ1v) is 24.6. The van der Waals surface area contributed by atoms with Crippen molar-refractivity contribution in [3.8, 4) is 5.75 Å². The largest absolute Gasteiger partial charge is 0.491 e. The van der Waals surface area contributed by atoms with Crippen molar-refractivity contribution in [2.75, 3.05) is 56.2 Å². The number of carbonyl (C=O) groups is 5. The lowest BCUT2D eigenvalue weighted by molar-refractivity contribution is 0.0141. The molecule has 0 saturated carbocycles. The molecule has 22 heteroatoms. The van der Waals surface area contributed by atoms with Gasteiger partial charge in [-0.25, -0.2) is 29.3 Å². The lowest BCUT2D eigenvalue weighted by Crippen LogP contribution is -2.50. The molecule has 2 aromatic carbocycles. The molecular weight excluding hydrogens is 927 g/mol. The van der Waals surface area contributed by atoms with Gasteiger partial charge in [0.25, 0.3) is 11.8 Å². The molecule has 366 valence electrons. The summed E-state index contributed by atoms with van der Waals surface area (Å²) in [5.74, 6) is -2.55. The Morgan fingerprint density at radius 3 is 2.03 bits per heavy atom. The van der Waals surface area contributed by atoms with Crippen molar-refractivity contribution >= 4 is 86.9 Å². The van der Waals surface area contributed by atoms with Crippen molar-refractivity contribution in [1.82, 2.24) is 43.7 Å². The third kappa shape index (κ3) is 11.6. The van der Waals surface area contributed by atoms with E-state index < -0.39 is 29.4 Å². The monoisotopic (exact) mass is 983 g/mol. The van der Waals surface area contributed by atoms with Crippen LogP contribution in [-0.2, 0) is 30.8 Å². The number of amides is 3.